The van der Waals surface area contributed by atoms with E-state index in [4.69, 9.17) is 4.74 Å². The molecule has 1 aromatic rings. The molecule has 2 aliphatic rings. The van der Waals surface area contributed by atoms with Crippen molar-refractivity contribution in [2.24, 2.45) is 0 Å². The molecule has 2 N–H and O–H groups in total. The van der Waals surface area contributed by atoms with Gasteiger partial charge in [-0.05, 0) is 13.3 Å². The van der Waals surface area contributed by atoms with Crippen LogP contribution in [0.3, 0.4) is 0 Å². The first-order chi connectivity index (χ1) is 6.83. The topological polar surface area (TPSA) is 49.9 Å². The van der Waals surface area contributed by atoms with Gasteiger partial charge < -0.3 is 15.0 Å². The van der Waals surface area contributed by atoms with Crippen LogP contribution >= 0.6 is 0 Å². The second kappa shape index (κ2) is 2.81. The Hall–Kier alpha value is -0.870. The van der Waals surface area contributed by atoms with Crippen molar-refractivity contribution in [2.45, 2.75) is 31.4 Å². The maximum Gasteiger partial charge on any atom is 0.0926 e. The molecule has 1 saturated heterocycles. The van der Waals surface area contributed by atoms with E-state index in [9.17, 15) is 0 Å². The summed E-state index contributed by atoms with van der Waals surface area (Å²) in [7, 11) is 0. The molecule has 0 aliphatic carbocycles. The Morgan fingerprint density at radius 3 is 3.36 bits per heavy atom. The molecule has 1 aromatic heterocycles. The average molecular weight is 193 g/mol. The lowest BCUT2D eigenvalue weighted by Crippen LogP contribution is -2.51. The molecule has 76 valence electrons. The highest BCUT2D eigenvalue weighted by atomic mass is 16.5. The Balaban J connectivity index is 2.10. The van der Waals surface area contributed by atoms with Gasteiger partial charge >= 0.3 is 0 Å². The molecular weight excluding hydrogens is 178 g/mol. The second-order valence-corrected chi connectivity index (χ2v) is 4.14. The summed E-state index contributed by atoms with van der Waals surface area (Å²) >= 11 is 0. The summed E-state index contributed by atoms with van der Waals surface area (Å²) in [6.45, 7) is 3.98. The van der Waals surface area contributed by atoms with Gasteiger partial charge in [-0.3, -0.25) is 0 Å². The number of hydrogen-bond acceptors (Lipinski definition) is 3. The number of H-pyrrole nitrogens is 1. The minimum absolute atomic E-state index is 0.0203. The molecule has 0 amide bonds. The molecule has 3 rings (SSSR count). The van der Waals surface area contributed by atoms with E-state index in [0.29, 0.717) is 0 Å². The highest BCUT2D eigenvalue weighted by Gasteiger charge is 2.47. The first kappa shape index (κ1) is 8.44. The molecular formula is C10H15N3O. The quantitative estimate of drug-likeness (QED) is 0.633. The zero-order valence-corrected chi connectivity index (χ0v) is 8.34. The summed E-state index contributed by atoms with van der Waals surface area (Å²) in [5.41, 5.74) is 2.43. The summed E-state index contributed by atoms with van der Waals surface area (Å²) < 4.78 is 5.66. The van der Waals surface area contributed by atoms with Crippen LogP contribution in [0.4, 0.5) is 0 Å². The van der Waals surface area contributed by atoms with Gasteiger partial charge in [-0.2, -0.15) is 0 Å². The number of nitrogens with zero attached hydrogens (tertiary/aromatic N) is 1. The van der Waals surface area contributed by atoms with E-state index in [1.54, 1.807) is 6.33 Å². The van der Waals surface area contributed by atoms with E-state index in [1.165, 1.54) is 11.4 Å². The zero-order chi connectivity index (χ0) is 9.60. The Bertz CT molecular complexity index is 349. The van der Waals surface area contributed by atoms with Gasteiger partial charge in [0.15, 0.2) is 0 Å². The van der Waals surface area contributed by atoms with E-state index < -0.39 is 0 Å². The summed E-state index contributed by atoms with van der Waals surface area (Å²) in [6.07, 6.45) is 4.10. The Kier molecular flexibility index (Phi) is 1.69. The third-order valence-corrected chi connectivity index (χ3v) is 3.51. The fourth-order valence-corrected chi connectivity index (χ4v) is 2.68. The van der Waals surface area contributed by atoms with E-state index in [-0.39, 0.29) is 11.6 Å². The molecule has 0 aromatic carbocycles. The van der Waals surface area contributed by atoms with Crippen LogP contribution in [0.1, 0.15) is 24.7 Å². The molecule has 1 spiro atoms. The predicted molar refractivity (Wildman–Crippen MR) is 52.0 cm³/mol. The number of aromatic amines is 1. The summed E-state index contributed by atoms with van der Waals surface area (Å²) in [4.78, 5) is 7.67. The molecule has 14 heavy (non-hydrogen) atoms. The number of aromatic nitrogens is 2. The van der Waals surface area contributed by atoms with Gasteiger partial charge in [0.25, 0.3) is 0 Å². The van der Waals surface area contributed by atoms with Gasteiger partial charge in [0.2, 0.25) is 0 Å². The molecule has 2 atom stereocenters. The van der Waals surface area contributed by atoms with Crippen LogP contribution < -0.4 is 5.32 Å². The van der Waals surface area contributed by atoms with Crippen LogP contribution in [0.2, 0.25) is 0 Å². The third kappa shape index (κ3) is 0.925. The van der Waals surface area contributed by atoms with Crippen molar-refractivity contribution in [3.8, 4) is 0 Å². The summed E-state index contributed by atoms with van der Waals surface area (Å²) in [5.74, 6) is 0. The van der Waals surface area contributed by atoms with Crippen molar-refractivity contribution in [1.82, 2.24) is 15.3 Å². The van der Waals surface area contributed by atoms with Crippen molar-refractivity contribution >= 4 is 0 Å². The number of rotatable bonds is 0. The highest BCUT2D eigenvalue weighted by molar-refractivity contribution is 5.28. The van der Waals surface area contributed by atoms with Gasteiger partial charge in [-0.25, -0.2) is 4.98 Å². The maximum absolute atomic E-state index is 5.66. The van der Waals surface area contributed by atoms with Crippen molar-refractivity contribution in [3.63, 3.8) is 0 Å². The first-order valence-corrected chi connectivity index (χ1v) is 5.22. The monoisotopic (exact) mass is 193 g/mol. The molecule has 0 bridgehead atoms. The van der Waals surface area contributed by atoms with Gasteiger partial charge in [0.05, 0.1) is 23.7 Å². The van der Waals surface area contributed by atoms with Crippen molar-refractivity contribution < 1.29 is 4.74 Å². The highest BCUT2D eigenvalue weighted by Crippen LogP contribution is 2.38. The third-order valence-electron chi connectivity index (χ3n) is 3.51. The zero-order valence-electron chi connectivity index (χ0n) is 8.34. The number of nitrogens with one attached hydrogen (secondary N) is 2. The van der Waals surface area contributed by atoms with E-state index in [0.717, 1.165) is 26.0 Å². The van der Waals surface area contributed by atoms with Crippen LogP contribution in [0.15, 0.2) is 6.33 Å². The van der Waals surface area contributed by atoms with Gasteiger partial charge in [0.1, 0.15) is 0 Å². The van der Waals surface area contributed by atoms with Crippen LogP contribution in [0.5, 0.6) is 0 Å². The van der Waals surface area contributed by atoms with E-state index in [1.807, 2.05) is 0 Å². The second-order valence-electron chi connectivity index (χ2n) is 4.14. The maximum atomic E-state index is 5.66. The number of hydrogen-bond donors (Lipinski definition) is 2. The molecule has 2 unspecified atom stereocenters. The fraction of sp³-hybridized carbons (Fsp3) is 0.700. The lowest BCUT2D eigenvalue weighted by molar-refractivity contribution is 0.0780. The van der Waals surface area contributed by atoms with Crippen LogP contribution in [0.25, 0.3) is 0 Å². The smallest absolute Gasteiger partial charge is 0.0926 e. The first-order valence-electron chi connectivity index (χ1n) is 5.22. The molecule has 0 radical (unpaired) electrons. The predicted octanol–water partition coefficient (Wildman–Crippen LogP) is 0.559. The van der Waals surface area contributed by atoms with E-state index in [2.05, 4.69) is 22.2 Å². The van der Waals surface area contributed by atoms with E-state index >= 15 is 0 Å². The normalized spacial score (nSPS) is 36.2. The standard InChI is InChI=1S/C10H15N3O/c1-7-10(3-5-14-7)9-8(2-4-13-10)11-6-12-9/h6-7,13H,2-5H2,1H3,(H,11,12). The van der Waals surface area contributed by atoms with Crippen LogP contribution in [-0.2, 0) is 16.7 Å². The minimum Gasteiger partial charge on any atom is -0.376 e. The van der Waals surface area contributed by atoms with Crippen LogP contribution in [0, 0.1) is 0 Å². The van der Waals surface area contributed by atoms with Crippen LogP contribution in [-0.4, -0.2) is 29.2 Å². The Labute approximate surface area is 83.1 Å². The number of fused-ring (bicyclic) bond motifs is 2. The Morgan fingerprint density at radius 1 is 1.64 bits per heavy atom. The molecule has 2 aliphatic heterocycles. The molecule has 0 saturated carbocycles. The summed E-state index contributed by atoms with van der Waals surface area (Å²) in [5, 5.41) is 3.58. The van der Waals surface area contributed by atoms with Crippen molar-refractivity contribution in [2.75, 3.05) is 13.2 Å². The SMILES string of the molecule is CC1OCCC12NCCc1[nH]cnc12. The minimum atomic E-state index is -0.0203. The molecule has 4 heteroatoms. The lowest BCUT2D eigenvalue weighted by Gasteiger charge is -2.36. The van der Waals surface area contributed by atoms with Crippen molar-refractivity contribution in [1.29, 1.82) is 0 Å². The largest absolute Gasteiger partial charge is 0.376 e. The molecule has 4 nitrogen and oxygen atoms in total. The van der Waals surface area contributed by atoms with Gasteiger partial charge in [-0.15, -0.1) is 0 Å². The van der Waals surface area contributed by atoms with Gasteiger partial charge in [0, 0.05) is 25.3 Å². The number of imidazole rings is 1. The summed E-state index contributed by atoms with van der Waals surface area (Å²) in [6, 6.07) is 0. The van der Waals surface area contributed by atoms with Crippen molar-refractivity contribution in [3.05, 3.63) is 17.7 Å². The average Bonchev–Trinajstić information content (AvgIpc) is 2.76. The van der Waals surface area contributed by atoms with Gasteiger partial charge in [-0.1, -0.05) is 0 Å². The Morgan fingerprint density at radius 2 is 2.57 bits per heavy atom. The molecule has 3 heterocycles. The lowest BCUT2D eigenvalue weighted by atomic mass is 9.84. The number of ether oxygens (including phenoxy) is 1. The fourth-order valence-electron chi connectivity index (χ4n) is 2.68. The molecule has 1 fully saturated rings.